The first-order chi connectivity index (χ1) is 16.2. The molecule has 1 aromatic heterocycles. The zero-order valence-corrected chi connectivity index (χ0v) is 21.4. The maximum absolute atomic E-state index is 13.5. The Bertz CT molecular complexity index is 1080. The van der Waals surface area contributed by atoms with Crippen molar-refractivity contribution in [2.24, 2.45) is 0 Å². The third-order valence-corrected chi connectivity index (χ3v) is 6.60. The average molecular weight is 485 g/mol. The van der Waals surface area contributed by atoms with Gasteiger partial charge in [-0.2, -0.15) is 0 Å². The number of hydrogen-bond acceptors (Lipinski definition) is 6. The molecule has 0 spiro atoms. The predicted molar refractivity (Wildman–Crippen MR) is 137 cm³/mol. The molecule has 1 unspecified atom stereocenters. The molecule has 9 heteroatoms. The fourth-order valence-electron chi connectivity index (χ4n) is 3.62. The molecule has 1 atom stereocenters. The molecule has 0 radical (unpaired) electrons. The molecule has 0 aliphatic heterocycles. The fourth-order valence-corrected chi connectivity index (χ4v) is 4.38. The van der Waals surface area contributed by atoms with Crippen LogP contribution in [0.2, 0.25) is 0 Å². The molecule has 0 saturated heterocycles. The van der Waals surface area contributed by atoms with Gasteiger partial charge in [0.15, 0.2) is 11.0 Å². The number of carbonyl (C=O) groups excluding carboxylic acids is 1. The highest BCUT2D eigenvalue weighted by Gasteiger charge is 2.21. The summed E-state index contributed by atoms with van der Waals surface area (Å²) < 4.78 is 15.4. The molecule has 2 aromatic carbocycles. The van der Waals surface area contributed by atoms with E-state index < -0.39 is 0 Å². The lowest BCUT2D eigenvalue weighted by molar-refractivity contribution is -0.113. The first-order valence-electron chi connectivity index (χ1n) is 11.4. The number of hydrogen-bond donors (Lipinski definition) is 1. The first-order valence-corrected chi connectivity index (χ1v) is 12.4. The second-order valence-electron chi connectivity index (χ2n) is 8.56. The number of aromatic nitrogens is 3. The van der Waals surface area contributed by atoms with Gasteiger partial charge in [0.25, 0.3) is 0 Å². The van der Waals surface area contributed by atoms with Crippen LogP contribution in [-0.4, -0.2) is 58.0 Å². The Morgan fingerprint density at radius 3 is 2.26 bits per heavy atom. The van der Waals surface area contributed by atoms with Gasteiger partial charge in [-0.15, -0.1) is 10.2 Å². The molecule has 7 nitrogen and oxygen atoms in total. The Morgan fingerprint density at radius 1 is 1.06 bits per heavy atom. The van der Waals surface area contributed by atoms with Crippen molar-refractivity contribution in [3.05, 3.63) is 60.2 Å². The van der Waals surface area contributed by atoms with Gasteiger partial charge in [0.05, 0.1) is 11.8 Å². The molecule has 0 bridgehead atoms. The smallest absolute Gasteiger partial charge is 0.234 e. The minimum absolute atomic E-state index is 0.0206. The van der Waals surface area contributed by atoms with E-state index in [-0.39, 0.29) is 23.5 Å². The van der Waals surface area contributed by atoms with E-state index in [9.17, 15) is 9.18 Å². The molecule has 1 amide bonds. The number of rotatable bonds is 10. The summed E-state index contributed by atoms with van der Waals surface area (Å²) in [6.45, 7) is 9.39. The van der Waals surface area contributed by atoms with Crippen molar-refractivity contribution in [2.75, 3.05) is 36.6 Å². The number of benzene rings is 2. The molecule has 1 N–H and O–H groups in total. The summed E-state index contributed by atoms with van der Waals surface area (Å²) in [6, 6.07) is 14.4. The molecule has 3 rings (SSSR count). The fraction of sp³-hybridized carbons (Fsp3) is 0.400. The molecular formula is C25H33FN6OS. The second-order valence-corrected chi connectivity index (χ2v) is 9.50. The van der Waals surface area contributed by atoms with Crippen LogP contribution in [-0.2, 0) is 4.79 Å². The van der Waals surface area contributed by atoms with E-state index >= 15 is 0 Å². The zero-order valence-electron chi connectivity index (χ0n) is 20.6. The number of nitrogens with zero attached hydrogens (tertiary/aromatic N) is 5. The number of amides is 1. The summed E-state index contributed by atoms with van der Waals surface area (Å²) in [4.78, 5) is 17.0. The van der Waals surface area contributed by atoms with Crippen molar-refractivity contribution in [1.82, 2.24) is 19.7 Å². The van der Waals surface area contributed by atoms with Crippen molar-refractivity contribution >= 4 is 29.0 Å². The van der Waals surface area contributed by atoms with Gasteiger partial charge in [0.1, 0.15) is 5.82 Å². The van der Waals surface area contributed by atoms with E-state index in [4.69, 9.17) is 0 Å². The zero-order chi connectivity index (χ0) is 24.8. The van der Waals surface area contributed by atoms with E-state index in [1.807, 2.05) is 54.8 Å². The molecule has 3 aromatic rings. The molecular weight excluding hydrogens is 451 g/mol. The van der Waals surface area contributed by atoms with Gasteiger partial charge in [-0.3, -0.25) is 14.3 Å². The predicted octanol–water partition coefficient (Wildman–Crippen LogP) is 4.99. The van der Waals surface area contributed by atoms with E-state index in [1.54, 1.807) is 12.1 Å². The van der Waals surface area contributed by atoms with E-state index in [2.05, 4.69) is 41.2 Å². The van der Waals surface area contributed by atoms with Gasteiger partial charge in [-0.1, -0.05) is 11.8 Å². The number of anilines is 2. The lowest BCUT2D eigenvalue weighted by atomic mass is 10.2. The van der Waals surface area contributed by atoms with Gasteiger partial charge in [-0.05, 0) is 90.3 Å². The summed E-state index contributed by atoms with van der Waals surface area (Å²) in [5.74, 6) is 0.449. The Morgan fingerprint density at radius 2 is 1.71 bits per heavy atom. The van der Waals surface area contributed by atoms with Crippen molar-refractivity contribution in [3.8, 4) is 5.69 Å². The van der Waals surface area contributed by atoms with Crippen LogP contribution in [0.1, 0.15) is 39.6 Å². The second kappa shape index (κ2) is 11.5. The van der Waals surface area contributed by atoms with E-state index in [0.717, 1.165) is 29.4 Å². The van der Waals surface area contributed by atoms with Crippen molar-refractivity contribution in [1.29, 1.82) is 0 Å². The Kier molecular flexibility index (Phi) is 8.68. The summed E-state index contributed by atoms with van der Waals surface area (Å²) in [6.07, 6.45) is 0. The van der Waals surface area contributed by atoms with E-state index in [1.165, 1.54) is 23.9 Å². The summed E-state index contributed by atoms with van der Waals surface area (Å²) >= 11 is 1.30. The van der Waals surface area contributed by atoms with Crippen LogP contribution in [0.5, 0.6) is 0 Å². The Balaban J connectivity index is 1.72. The molecule has 34 heavy (non-hydrogen) atoms. The van der Waals surface area contributed by atoms with Crippen LogP contribution in [0, 0.1) is 5.82 Å². The molecule has 0 aliphatic rings. The first kappa shape index (κ1) is 25.7. The lowest BCUT2D eigenvalue weighted by Crippen LogP contribution is -2.30. The van der Waals surface area contributed by atoms with Gasteiger partial charge in [-0.25, -0.2) is 4.39 Å². The van der Waals surface area contributed by atoms with Gasteiger partial charge >= 0.3 is 0 Å². The Labute approximate surface area is 205 Å². The van der Waals surface area contributed by atoms with Crippen LogP contribution < -0.4 is 10.2 Å². The molecule has 0 fully saturated rings. The van der Waals surface area contributed by atoms with Crippen molar-refractivity contribution in [2.45, 2.75) is 44.9 Å². The highest BCUT2D eigenvalue weighted by atomic mass is 32.2. The number of nitrogens with one attached hydrogen (secondary N) is 1. The summed E-state index contributed by atoms with van der Waals surface area (Å²) in [7, 11) is 3.92. The minimum Gasteiger partial charge on any atom is -0.369 e. The molecule has 0 aliphatic carbocycles. The quantitative estimate of drug-likeness (QED) is 0.409. The van der Waals surface area contributed by atoms with Crippen molar-refractivity contribution < 1.29 is 9.18 Å². The number of carbonyl (C=O) groups is 1. The highest BCUT2D eigenvalue weighted by Crippen LogP contribution is 2.27. The standard InChI is InChI=1S/C25H33FN6OS/c1-7-31(17(2)3)21-14-10-20(11-15-21)27-23(33)16-34-25-29-28-24(18(4)30(5)6)32(25)22-12-8-19(26)9-13-22/h8-15,17-18H,7,16H2,1-6H3,(H,27,33). The van der Waals surface area contributed by atoms with Crippen molar-refractivity contribution in [3.63, 3.8) is 0 Å². The minimum atomic E-state index is -0.311. The normalized spacial score (nSPS) is 12.3. The van der Waals surface area contributed by atoms with Crippen LogP contribution in [0.3, 0.4) is 0 Å². The molecule has 1 heterocycles. The molecule has 0 saturated carbocycles. The average Bonchev–Trinajstić information content (AvgIpc) is 3.23. The molecule has 182 valence electrons. The van der Waals surface area contributed by atoms with Crippen LogP contribution in [0.4, 0.5) is 15.8 Å². The summed E-state index contributed by atoms with van der Waals surface area (Å²) in [5.41, 5.74) is 2.62. The highest BCUT2D eigenvalue weighted by molar-refractivity contribution is 7.99. The summed E-state index contributed by atoms with van der Waals surface area (Å²) in [5, 5.41) is 12.2. The van der Waals surface area contributed by atoms with E-state index in [0.29, 0.717) is 11.2 Å². The maximum atomic E-state index is 13.5. The largest absolute Gasteiger partial charge is 0.369 e. The van der Waals surface area contributed by atoms with Gasteiger partial charge in [0, 0.05) is 29.6 Å². The number of halogens is 1. The lowest BCUT2D eigenvalue weighted by Gasteiger charge is -2.27. The van der Waals surface area contributed by atoms with Crippen LogP contribution >= 0.6 is 11.8 Å². The Hall–Kier alpha value is -2.91. The maximum Gasteiger partial charge on any atom is 0.234 e. The van der Waals surface area contributed by atoms with Crippen LogP contribution in [0.15, 0.2) is 53.7 Å². The third kappa shape index (κ3) is 6.15. The monoisotopic (exact) mass is 484 g/mol. The topological polar surface area (TPSA) is 66.3 Å². The van der Waals surface area contributed by atoms with Gasteiger partial charge < -0.3 is 10.2 Å². The van der Waals surface area contributed by atoms with Crippen LogP contribution in [0.25, 0.3) is 5.69 Å². The third-order valence-electron chi connectivity index (χ3n) is 5.67. The van der Waals surface area contributed by atoms with Gasteiger partial charge in [0.2, 0.25) is 5.91 Å². The number of thioether (sulfide) groups is 1. The SMILES string of the molecule is CCN(c1ccc(NC(=O)CSc2nnc(C(C)N(C)C)n2-c2ccc(F)cc2)cc1)C(C)C.